The molecule has 1 fully saturated rings. The summed E-state index contributed by atoms with van der Waals surface area (Å²) in [5.74, 6) is 0.225. The highest BCUT2D eigenvalue weighted by atomic mass is 16.2. The maximum atomic E-state index is 11.9. The molecule has 2 N–H and O–H groups in total. The van der Waals surface area contributed by atoms with Gasteiger partial charge in [0.05, 0.1) is 5.54 Å². The van der Waals surface area contributed by atoms with E-state index in [1.54, 1.807) is 0 Å². The molecule has 1 saturated heterocycles. The Labute approximate surface area is 103 Å². The zero-order valence-electron chi connectivity index (χ0n) is 10.4. The molecule has 0 aliphatic carbocycles. The lowest BCUT2D eigenvalue weighted by molar-refractivity contribution is -0.138. The third kappa shape index (κ3) is 2.86. The van der Waals surface area contributed by atoms with Crippen molar-refractivity contribution in [1.82, 2.24) is 4.90 Å². The molecule has 92 valence electrons. The van der Waals surface area contributed by atoms with Crippen LogP contribution in [0.5, 0.6) is 0 Å². The number of likely N-dealkylation sites (tertiary alicyclic amines) is 1. The Morgan fingerprint density at radius 2 is 2.00 bits per heavy atom. The van der Waals surface area contributed by atoms with Crippen molar-refractivity contribution in [3.8, 4) is 0 Å². The molecule has 0 atom stereocenters. The van der Waals surface area contributed by atoms with Crippen LogP contribution in [0.4, 0.5) is 0 Å². The lowest BCUT2D eigenvalue weighted by atomic mass is 9.88. The van der Waals surface area contributed by atoms with Crippen molar-refractivity contribution < 1.29 is 4.79 Å². The van der Waals surface area contributed by atoms with Crippen LogP contribution in [0.15, 0.2) is 30.3 Å². The predicted molar refractivity (Wildman–Crippen MR) is 68.6 cm³/mol. The highest BCUT2D eigenvalue weighted by molar-refractivity contribution is 5.77. The Morgan fingerprint density at radius 3 is 2.59 bits per heavy atom. The van der Waals surface area contributed by atoms with Crippen LogP contribution in [0.3, 0.4) is 0 Å². The van der Waals surface area contributed by atoms with Crippen LogP contribution in [0.25, 0.3) is 0 Å². The Morgan fingerprint density at radius 1 is 1.35 bits per heavy atom. The summed E-state index contributed by atoms with van der Waals surface area (Å²) in [4.78, 5) is 13.7. The molecule has 0 spiro atoms. The SMILES string of the molecule is CCC1(N)CN(C(=O)CCc2ccccc2)C1. The molecule has 1 amide bonds. The molecule has 0 saturated carbocycles. The first kappa shape index (κ1) is 12.1. The van der Waals surface area contributed by atoms with Crippen molar-refractivity contribution in [2.75, 3.05) is 13.1 Å². The van der Waals surface area contributed by atoms with Crippen LogP contribution >= 0.6 is 0 Å². The van der Waals surface area contributed by atoms with E-state index in [2.05, 4.69) is 19.1 Å². The zero-order valence-corrected chi connectivity index (χ0v) is 10.4. The number of carbonyl (C=O) groups is 1. The summed E-state index contributed by atoms with van der Waals surface area (Å²) in [7, 11) is 0. The summed E-state index contributed by atoms with van der Waals surface area (Å²) in [5, 5.41) is 0. The summed E-state index contributed by atoms with van der Waals surface area (Å²) >= 11 is 0. The average Bonchev–Trinajstić information content (AvgIpc) is 2.33. The molecule has 17 heavy (non-hydrogen) atoms. The molecule has 0 aromatic heterocycles. The first-order chi connectivity index (χ1) is 8.13. The molecule has 0 radical (unpaired) electrons. The third-order valence-electron chi connectivity index (χ3n) is 3.54. The van der Waals surface area contributed by atoms with E-state index in [4.69, 9.17) is 5.73 Å². The van der Waals surface area contributed by atoms with Gasteiger partial charge in [-0.15, -0.1) is 0 Å². The molecule has 3 heteroatoms. The minimum Gasteiger partial charge on any atom is -0.339 e. The van der Waals surface area contributed by atoms with E-state index in [9.17, 15) is 4.79 Å². The normalized spacial score (nSPS) is 17.6. The van der Waals surface area contributed by atoms with Gasteiger partial charge in [-0.25, -0.2) is 0 Å². The van der Waals surface area contributed by atoms with E-state index in [1.165, 1.54) is 5.56 Å². The molecule has 0 bridgehead atoms. The monoisotopic (exact) mass is 232 g/mol. The lowest BCUT2D eigenvalue weighted by Crippen LogP contribution is -2.68. The smallest absolute Gasteiger partial charge is 0.223 e. The molecule has 3 nitrogen and oxygen atoms in total. The van der Waals surface area contributed by atoms with E-state index in [0.29, 0.717) is 6.42 Å². The molecular formula is C14H20N2O. The first-order valence-corrected chi connectivity index (χ1v) is 6.23. The summed E-state index contributed by atoms with van der Waals surface area (Å²) in [6, 6.07) is 10.1. The second-order valence-electron chi connectivity index (χ2n) is 4.95. The van der Waals surface area contributed by atoms with Gasteiger partial charge in [-0.2, -0.15) is 0 Å². The number of nitrogens with zero attached hydrogens (tertiary/aromatic N) is 1. The van der Waals surface area contributed by atoms with Crippen molar-refractivity contribution in [3.05, 3.63) is 35.9 Å². The summed E-state index contributed by atoms with van der Waals surface area (Å²) in [5.41, 5.74) is 7.14. The van der Waals surface area contributed by atoms with Crippen molar-refractivity contribution >= 4 is 5.91 Å². The van der Waals surface area contributed by atoms with Gasteiger partial charge in [-0.1, -0.05) is 37.3 Å². The third-order valence-corrected chi connectivity index (χ3v) is 3.54. The van der Waals surface area contributed by atoms with E-state index >= 15 is 0 Å². The van der Waals surface area contributed by atoms with Crippen molar-refractivity contribution in [2.24, 2.45) is 5.73 Å². The van der Waals surface area contributed by atoms with Gasteiger partial charge in [0.15, 0.2) is 0 Å². The Hall–Kier alpha value is -1.35. The number of hydrogen-bond acceptors (Lipinski definition) is 2. The number of rotatable bonds is 4. The van der Waals surface area contributed by atoms with Gasteiger partial charge in [0, 0.05) is 19.5 Å². The molecule has 0 unspecified atom stereocenters. The molecular weight excluding hydrogens is 212 g/mol. The number of amides is 1. The molecule has 1 aliphatic rings. The second kappa shape index (κ2) is 4.88. The standard InChI is InChI=1S/C14H20N2O/c1-2-14(15)10-16(11-14)13(17)9-8-12-6-4-3-5-7-12/h3-7H,2,8-11,15H2,1H3. The van der Waals surface area contributed by atoms with Crippen LogP contribution in [-0.2, 0) is 11.2 Å². The Balaban J connectivity index is 1.76. The van der Waals surface area contributed by atoms with Crippen LogP contribution in [0, 0.1) is 0 Å². The van der Waals surface area contributed by atoms with E-state index in [0.717, 1.165) is 25.9 Å². The zero-order chi connectivity index (χ0) is 12.3. The minimum absolute atomic E-state index is 0.123. The van der Waals surface area contributed by atoms with Gasteiger partial charge in [0.1, 0.15) is 0 Å². The highest BCUT2D eigenvalue weighted by Gasteiger charge is 2.39. The number of aryl methyl sites for hydroxylation is 1. The maximum Gasteiger partial charge on any atom is 0.223 e. The van der Waals surface area contributed by atoms with Crippen LogP contribution in [-0.4, -0.2) is 29.4 Å². The number of hydrogen-bond donors (Lipinski definition) is 1. The van der Waals surface area contributed by atoms with Gasteiger partial charge in [0.2, 0.25) is 5.91 Å². The van der Waals surface area contributed by atoms with E-state index < -0.39 is 0 Å². The van der Waals surface area contributed by atoms with Gasteiger partial charge in [-0.05, 0) is 18.4 Å². The van der Waals surface area contributed by atoms with Gasteiger partial charge in [-0.3, -0.25) is 4.79 Å². The maximum absolute atomic E-state index is 11.9. The van der Waals surface area contributed by atoms with Crippen molar-refractivity contribution in [3.63, 3.8) is 0 Å². The Kier molecular flexibility index (Phi) is 3.48. The summed E-state index contributed by atoms with van der Waals surface area (Å²) in [6.07, 6.45) is 2.35. The van der Waals surface area contributed by atoms with E-state index in [-0.39, 0.29) is 11.4 Å². The van der Waals surface area contributed by atoms with Crippen LogP contribution < -0.4 is 5.73 Å². The average molecular weight is 232 g/mol. The molecule has 1 heterocycles. The lowest BCUT2D eigenvalue weighted by Gasteiger charge is -2.47. The highest BCUT2D eigenvalue weighted by Crippen LogP contribution is 2.22. The van der Waals surface area contributed by atoms with Gasteiger partial charge < -0.3 is 10.6 Å². The molecule has 1 aliphatic heterocycles. The first-order valence-electron chi connectivity index (χ1n) is 6.23. The minimum atomic E-state index is -0.123. The Bertz CT molecular complexity index is 382. The number of nitrogens with two attached hydrogens (primary N) is 1. The predicted octanol–water partition coefficient (Wildman–Crippen LogP) is 1.57. The van der Waals surface area contributed by atoms with E-state index in [1.807, 2.05) is 23.1 Å². The number of benzene rings is 1. The van der Waals surface area contributed by atoms with Crippen molar-refractivity contribution in [1.29, 1.82) is 0 Å². The molecule has 2 rings (SSSR count). The van der Waals surface area contributed by atoms with Gasteiger partial charge in [0.25, 0.3) is 0 Å². The topological polar surface area (TPSA) is 46.3 Å². The summed E-state index contributed by atoms with van der Waals surface area (Å²) in [6.45, 7) is 3.51. The fourth-order valence-electron chi connectivity index (χ4n) is 2.17. The number of carbonyl (C=O) groups excluding carboxylic acids is 1. The van der Waals surface area contributed by atoms with Crippen molar-refractivity contribution in [2.45, 2.75) is 31.7 Å². The molecule has 1 aromatic rings. The fraction of sp³-hybridized carbons (Fsp3) is 0.500. The quantitative estimate of drug-likeness (QED) is 0.856. The van der Waals surface area contributed by atoms with Crippen LogP contribution in [0.1, 0.15) is 25.3 Å². The molecule has 1 aromatic carbocycles. The van der Waals surface area contributed by atoms with Crippen LogP contribution in [0.2, 0.25) is 0 Å². The second-order valence-corrected chi connectivity index (χ2v) is 4.95. The fourth-order valence-corrected chi connectivity index (χ4v) is 2.17. The largest absolute Gasteiger partial charge is 0.339 e. The van der Waals surface area contributed by atoms with Gasteiger partial charge >= 0.3 is 0 Å². The summed E-state index contributed by atoms with van der Waals surface area (Å²) < 4.78 is 0.